The first-order chi connectivity index (χ1) is 17.4. The number of likely N-dealkylation sites (tertiary alicyclic amines) is 1. The lowest BCUT2D eigenvalue weighted by Crippen LogP contribution is -2.45. The summed E-state index contributed by atoms with van der Waals surface area (Å²) in [4.78, 5) is 27.1. The van der Waals surface area contributed by atoms with Gasteiger partial charge >= 0.3 is 4.87 Å². The highest BCUT2D eigenvalue weighted by molar-refractivity contribution is 7.16. The highest BCUT2D eigenvalue weighted by Crippen LogP contribution is 2.37. The van der Waals surface area contributed by atoms with Crippen LogP contribution >= 0.6 is 22.9 Å². The first kappa shape index (κ1) is 25.3. The molecular weight excluding hydrogens is 498 g/mol. The zero-order valence-electron chi connectivity index (χ0n) is 20.5. The summed E-state index contributed by atoms with van der Waals surface area (Å²) < 4.78 is 7.74. The Morgan fingerprint density at radius 3 is 2.83 bits per heavy atom. The van der Waals surface area contributed by atoms with Gasteiger partial charge in [-0.1, -0.05) is 29.0 Å². The molecule has 0 saturated carbocycles. The third kappa shape index (κ3) is 5.18. The van der Waals surface area contributed by atoms with E-state index in [0.29, 0.717) is 36.1 Å². The lowest BCUT2D eigenvalue weighted by molar-refractivity contribution is -0.133. The second-order valence-electron chi connectivity index (χ2n) is 9.93. The Morgan fingerprint density at radius 2 is 2.06 bits per heavy atom. The molecule has 0 spiro atoms. The van der Waals surface area contributed by atoms with Crippen LogP contribution in [0.4, 0.5) is 0 Å². The van der Waals surface area contributed by atoms with Crippen LogP contribution in [0.5, 0.6) is 5.75 Å². The maximum atomic E-state index is 13.0. The van der Waals surface area contributed by atoms with E-state index in [-0.39, 0.29) is 17.3 Å². The Balaban J connectivity index is 1.13. The molecule has 3 aromatic rings. The van der Waals surface area contributed by atoms with Crippen LogP contribution in [0.2, 0.25) is 5.02 Å². The van der Waals surface area contributed by atoms with Gasteiger partial charge < -0.3 is 20.1 Å². The number of fused-ring (bicyclic) bond motifs is 2. The fraction of sp³-hybridized carbons (Fsp3) is 0.481. The number of aromatic nitrogens is 1. The number of hydrogen-bond donors (Lipinski definition) is 2. The minimum absolute atomic E-state index is 0.0368. The van der Waals surface area contributed by atoms with Crippen molar-refractivity contribution in [1.29, 1.82) is 0 Å². The zero-order valence-corrected chi connectivity index (χ0v) is 22.0. The first-order valence-corrected chi connectivity index (χ1v) is 13.7. The number of nitrogens with zero attached hydrogens (tertiary/aromatic N) is 2. The smallest absolute Gasteiger partial charge is 0.308 e. The second-order valence-corrected chi connectivity index (χ2v) is 11.4. The van der Waals surface area contributed by atoms with E-state index in [2.05, 4.69) is 11.4 Å². The number of rotatable bonds is 7. The van der Waals surface area contributed by atoms with E-state index in [0.717, 1.165) is 66.0 Å². The fourth-order valence-corrected chi connectivity index (χ4v) is 6.55. The van der Waals surface area contributed by atoms with Gasteiger partial charge in [0.15, 0.2) is 0 Å². The van der Waals surface area contributed by atoms with Gasteiger partial charge in [0.2, 0.25) is 5.91 Å². The average Bonchev–Trinajstić information content (AvgIpc) is 3.18. The standard InChI is InChI=1S/C27H32ClN3O4S/c1-35-21-6-4-19-3-2-10-27(34,22(19)14-21)17-29-15-18-8-11-30(12-9-18)25(32)16-31-23-13-20(28)5-7-24(23)36-26(31)33/h4-7,13-14,18,29,34H,2-3,8-12,15-17H2,1H3. The number of halogens is 1. The van der Waals surface area contributed by atoms with Gasteiger partial charge in [-0.15, -0.1) is 0 Å². The van der Waals surface area contributed by atoms with Crippen LogP contribution in [0.1, 0.15) is 36.8 Å². The molecule has 2 aliphatic rings. The van der Waals surface area contributed by atoms with Crippen molar-refractivity contribution >= 4 is 39.1 Å². The summed E-state index contributed by atoms with van der Waals surface area (Å²) in [5.41, 5.74) is 1.99. The molecule has 2 heterocycles. The minimum Gasteiger partial charge on any atom is -0.497 e. The largest absolute Gasteiger partial charge is 0.497 e. The molecule has 9 heteroatoms. The minimum atomic E-state index is -0.891. The number of methoxy groups -OCH3 is 1. The number of hydrogen-bond acceptors (Lipinski definition) is 6. The number of aryl methyl sites for hydroxylation is 1. The maximum absolute atomic E-state index is 13.0. The Labute approximate surface area is 219 Å². The van der Waals surface area contributed by atoms with E-state index in [9.17, 15) is 14.7 Å². The van der Waals surface area contributed by atoms with Crippen LogP contribution in [-0.4, -0.2) is 53.8 Å². The molecule has 1 amide bonds. The molecule has 192 valence electrons. The van der Waals surface area contributed by atoms with Crippen molar-refractivity contribution in [1.82, 2.24) is 14.8 Å². The number of carbonyl (C=O) groups excluding carboxylic acids is 1. The van der Waals surface area contributed by atoms with E-state index in [1.807, 2.05) is 23.1 Å². The first-order valence-electron chi connectivity index (χ1n) is 12.5. The van der Waals surface area contributed by atoms with Crippen LogP contribution in [0.3, 0.4) is 0 Å². The van der Waals surface area contributed by atoms with Crippen molar-refractivity contribution in [3.8, 4) is 5.75 Å². The summed E-state index contributed by atoms with van der Waals surface area (Å²) in [6.07, 6.45) is 4.47. The van der Waals surface area contributed by atoms with Gasteiger partial charge in [0.05, 0.1) is 17.3 Å². The fourth-order valence-electron chi connectivity index (χ4n) is 5.51. The van der Waals surface area contributed by atoms with E-state index < -0.39 is 5.60 Å². The van der Waals surface area contributed by atoms with Gasteiger partial charge in [-0.3, -0.25) is 14.2 Å². The number of aliphatic hydroxyl groups is 1. The molecule has 1 saturated heterocycles. The lowest BCUT2D eigenvalue weighted by atomic mass is 9.79. The van der Waals surface area contributed by atoms with Crippen molar-refractivity contribution in [2.45, 2.75) is 44.2 Å². The van der Waals surface area contributed by atoms with E-state index >= 15 is 0 Å². The third-order valence-electron chi connectivity index (χ3n) is 7.60. The number of amides is 1. The summed E-state index contributed by atoms with van der Waals surface area (Å²) in [6.45, 7) is 2.69. The van der Waals surface area contributed by atoms with Crippen molar-refractivity contribution < 1.29 is 14.6 Å². The van der Waals surface area contributed by atoms with Crippen LogP contribution < -0.4 is 14.9 Å². The van der Waals surface area contributed by atoms with Gasteiger partial charge in [0.25, 0.3) is 0 Å². The van der Waals surface area contributed by atoms with Gasteiger partial charge in [0.1, 0.15) is 17.9 Å². The summed E-state index contributed by atoms with van der Waals surface area (Å²) >= 11 is 7.24. The quantitative estimate of drug-likeness (QED) is 0.486. The van der Waals surface area contributed by atoms with Crippen LogP contribution in [0.15, 0.2) is 41.2 Å². The molecule has 2 aromatic carbocycles. The van der Waals surface area contributed by atoms with Crippen molar-refractivity contribution in [2.24, 2.45) is 5.92 Å². The molecule has 5 rings (SSSR count). The number of ether oxygens (including phenoxy) is 1. The SMILES string of the molecule is COc1ccc2c(c1)C(O)(CNCC1CCN(C(=O)Cn3c(=O)sc4ccc(Cl)cc43)CC1)CCC2. The normalized spacial score (nSPS) is 20.5. The third-order valence-corrected chi connectivity index (χ3v) is 8.79. The van der Waals surface area contributed by atoms with E-state index in [1.54, 1.807) is 19.2 Å². The average molecular weight is 530 g/mol. The summed E-state index contributed by atoms with van der Waals surface area (Å²) in [5.74, 6) is 1.17. The molecule has 1 unspecified atom stereocenters. The Hall–Kier alpha value is -2.39. The Bertz CT molecular complexity index is 1310. The number of benzene rings is 2. The molecule has 7 nitrogen and oxygen atoms in total. The molecule has 1 fully saturated rings. The van der Waals surface area contributed by atoms with Gasteiger partial charge in [-0.05, 0) is 86.0 Å². The van der Waals surface area contributed by atoms with Crippen molar-refractivity contribution in [3.05, 3.63) is 62.2 Å². The van der Waals surface area contributed by atoms with Gasteiger partial charge in [-0.2, -0.15) is 0 Å². The van der Waals surface area contributed by atoms with Crippen molar-refractivity contribution in [2.75, 3.05) is 33.3 Å². The molecule has 1 aliphatic heterocycles. The van der Waals surface area contributed by atoms with Gasteiger partial charge in [0, 0.05) is 24.7 Å². The van der Waals surface area contributed by atoms with Gasteiger partial charge in [-0.25, -0.2) is 0 Å². The number of piperidine rings is 1. The van der Waals surface area contributed by atoms with Crippen LogP contribution in [0.25, 0.3) is 10.2 Å². The predicted octanol–water partition coefficient (Wildman–Crippen LogP) is 3.78. The highest BCUT2D eigenvalue weighted by atomic mass is 35.5. The summed E-state index contributed by atoms with van der Waals surface area (Å²) in [6, 6.07) is 11.3. The molecule has 36 heavy (non-hydrogen) atoms. The molecular formula is C27H32ClN3O4S. The zero-order chi connectivity index (χ0) is 25.3. The van der Waals surface area contributed by atoms with E-state index in [1.165, 1.54) is 10.1 Å². The topological polar surface area (TPSA) is 83.8 Å². The van der Waals surface area contributed by atoms with Crippen LogP contribution in [-0.2, 0) is 23.4 Å². The molecule has 2 N–H and O–H groups in total. The Kier molecular flexibility index (Phi) is 7.40. The molecule has 0 radical (unpaired) electrons. The predicted molar refractivity (Wildman–Crippen MR) is 143 cm³/mol. The molecule has 1 aromatic heterocycles. The molecule has 1 aliphatic carbocycles. The molecule has 1 atom stereocenters. The van der Waals surface area contributed by atoms with Crippen molar-refractivity contribution in [3.63, 3.8) is 0 Å². The number of thiazole rings is 1. The lowest BCUT2D eigenvalue weighted by Gasteiger charge is -2.36. The Morgan fingerprint density at radius 1 is 1.25 bits per heavy atom. The highest BCUT2D eigenvalue weighted by Gasteiger charge is 2.35. The monoisotopic (exact) mass is 529 g/mol. The van der Waals surface area contributed by atoms with E-state index in [4.69, 9.17) is 16.3 Å². The summed E-state index contributed by atoms with van der Waals surface area (Å²) in [7, 11) is 1.65. The molecule has 0 bridgehead atoms. The second kappa shape index (κ2) is 10.5. The maximum Gasteiger partial charge on any atom is 0.308 e. The number of nitrogens with one attached hydrogen (secondary N) is 1. The number of carbonyl (C=O) groups is 1. The van der Waals surface area contributed by atoms with Crippen LogP contribution in [0, 0.1) is 5.92 Å². The summed E-state index contributed by atoms with van der Waals surface area (Å²) in [5, 5.41) is 15.5.